The third kappa shape index (κ3) is 3.21. The van der Waals surface area contributed by atoms with Crippen LogP contribution < -0.4 is 10.1 Å². The summed E-state index contributed by atoms with van der Waals surface area (Å²) in [6.07, 6.45) is 2.85. The van der Waals surface area contributed by atoms with Crippen molar-refractivity contribution in [3.05, 3.63) is 29.8 Å². The van der Waals surface area contributed by atoms with Crippen LogP contribution in [0.25, 0.3) is 0 Å². The maximum atomic E-state index is 12.6. The Balaban J connectivity index is 2.31. The van der Waals surface area contributed by atoms with Crippen LogP contribution in [-0.4, -0.2) is 30.0 Å². The standard InChI is InChI=1S/C17H26N2O2/c1-5-8-12(3)19-16(18-15(6-2)17(19)20)13-9-7-10-14(11-13)21-4/h7,9-12,15-16,18H,5-6,8H2,1-4H3. The maximum Gasteiger partial charge on any atom is 0.241 e. The fourth-order valence-corrected chi connectivity index (χ4v) is 3.04. The first-order valence-electron chi connectivity index (χ1n) is 7.84. The minimum atomic E-state index is -0.0829. The number of hydrogen-bond acceptors (Lipinski definition) is 3. The molecule has 1 aromatic carbocycles. The molecule has 1 aromatic rings. The average Bonchev–Trinajstić information content (AvgIpc) is 2.84. The maximum absolute atomic E-state index is 12.6. The van der Waals surface area contributed by atoms with Gasteiger partial charge in [-0.3, -0.25) is 10.1 Å². The lowest BCUT2D eigenvalue weighted by Crippen LogP contribution is -2.38. The third-order valence-electron chi connectivity index (χ3n) is 4.19. The summed E-state index contributed by atoms with van der Waals surface area (Å²) in [5.74, 6) is 1.04. The molecule has 0 bridgehead atoms. The van der Waals surface area contributed by atoms with E-state index in [9.17, 15) is 4.79 Å². The number of rotatable bonds is 6. The van der Waals surface area contributed by atoms with E-state index in [4.69, 9.17) is 4.74 Å². The minimum Gasteiger partial charge on any atom is -0.497 e. The lowest BCUT2D eigenvalue weighted by molar-refractivity contribution is -0.132. The Hall–Kier alpha value is -1.55. The lowest BCUT2D eigenvalue weighted by Gasteiger charge is -2.30. The van der Waals surface area contributed by atoms with Crippen LogP contribution in [-0.2, 0) is 4.79 Å². The molecule has 1 fully saturated rings. The van der Waals surface area contributed by atoms with Crippen molar-refractivity contribution in [3.63, 3.8) is 0 Å². The number of ether oxygens (including phenoxy) is 1. The molecule has 4 nitrogen and oxygen atoms in total. The summed E-state index contributed by atoms with van der Waals surface area (Å²) < 4.78 is 5.31. The van der Waals surface area contributed by atoms with Crippen LogP contribution in [0.2, 0.25) is 0 Å². The molecule has 1 heterocycles. The highest BCUT2D eigenvalue weighted by Crippen LogP contribution is 2.31. The number of carbonyl (C=O) groups is 1. The summed E-state index contributed by atoms with van der Waals surface area (Å²) in [5.41, 5.74) is 1.08. The molecule has 1 N–H and O–H groups in total. The molecular formula is C17H26N2O2. The summed E-state index contributed by atoms with van der Waals surface area (Å²) in [6.45, 7) is 6.34. The van der Waals surface area contributed by atoms with Crippen LogP contribution in [0, 0.1) is 0 Å². The number of benzene rings is 1. The molecule has 1 aliphatic rings. The summed E-state index contributed by atoms with van der Waals surface area (Å²) in [7, 11) is 1.67. The van der Waals surface area contributed by atoms with Gasteiger partial charge in [0.15, 0.2) is 0 Å². The fraction of sp³-hybridized carbons (Fsp3) is 0.588. The van der Waals surface area contributed by atoms with E-state index in [1.165, 1.54) is 0 Å². The zero-order chi connectivity index (χ0) is 15.4. The van der Waals surface area contributed by atoms with Crippen molar-refractivity contribution in [1.82, 2.24) is 10.2 Å². The van der Waals surface area contributed by atoms with E-state index in [1.807, 2.05) is 30.0 Å². The number of carbonyl (C=O) groups excluding carboxylic acids is 1. The third-order valence-corrected chi connectivity index (χ3v) is 4.19. The predicted octanol–water partition coefficient (Wildman–Crippen LogP) is 3.09. The minimum absolute atomic E-state index is 0.0564. The molecule has 116 valence electrons. The number of nitrogens with one attached hydrogen (secondary N) is 1. The van der Waals surface area contributed by atoms with Gasteiger partial charge in [-0.2, -0.15) is 0 Å². The molecule has 1 amide bonds. The highest BCUT2D eigenvalue weighted by Gasteiger charge is 2.40. The fourth-order valence-electron chi connectivity index (χ4n) is 3.04. The van der Waals surface area contributed by atoms with Gasteiger partial charge >= 0.3 is 0 Å². The van der Waals surface area contributed by atoms with Crippen LogP contribution in [0.5, 0.6) is 5.75 Å². The van der Waals surface area contributed by atoms with E-state index in [0.29, 0.717) is 0 Å². The van der Waals surface area contributed by atoms with E-state index in [0.717, 1.165) is 30.6 Å². The summed E-state index contributed by atoms with van der Waals surface area (Å²) in [5, 5.41) is 3.47. The van der Waals surface area contributed by atoms with Crippen molar-refractivity contribution in [3.8, 4) is 5.75 Å². The molecule has 0 radical (unpaired) electrons. The topological polar surface area (TPSA) is 41.6 Å². The van der Waals surface area contributed by atoms with Crippen LogP contribution in [0.4, 0.5) is 0 Å². The zero-order valence-electron chi connectivity index (χ0n) is 13.4. The highest BCUT2D eigenvalue weighted by molar-refractivity contribution is 5.84. The quantitative estimate of drug-likeness (QED) is 0.875. The molecule has 0 saturated carbocycles. The van der Waals surface area contributed by atoms with Crippen molar-refractivity contribution in [2.24, 2.45) is 0 Å². The van der Waals surface area contributed by atoms with Gasteiger partial charge in [-0.1, -0.05) is 32.4 Å². The molecule has 3 unspecified atom stereocenters. The van der Waals surface area contributed by atoms with Gasteiger partial charge < -0.3 is 9.64 Å². The number of nitrogens with zero attached hydrogens (tertiary/aromatic N) is 1. The first kappa shape index (κ1) is 15.8. The Morgan fingerprint density at radius 2 is 2.14 bits per heavy atom. The first-order valence-corrected chi connectivity index (χ1v) is 7.84. The highest BCUT2D eigenvalue weighted by atomic mass is 16.5. The second-order valence-corrected chi connectivity index (χ2v) is 5.69. The largest absolute Gasteiger partial charge is 0.497 e. The van der Waals surface area contributed by atoms with Gasteiger partial charge in [0.2, 0.25) is 5.91 Å². The Bertz CT molecular complexity index is 489. The van der Waals surface area contributed by atoms with Crippen LogP contribution in [0.15, 0.2) is 24.3 Å². The smallest absolute Gasteiger partial charge is 0.241 e. The van der Waals surface area contributed by atoms with Gasteiger partial charge in [0.25, 0.3) is 0 Å². The molecule has 0 spiro atoms. The molecule has 21 heavy (non-hydrogen) atoms. The predicted molar refractivity (Wildman–Crippen MR) is 84.2 cm³/mol. The average molecular weight is 290 g/mol. The van der Waals surface area contributed by atoms with Gasteiger partial charge in [0, 0.05) is 6.04 Å². The van der Waals surface area contributed by atoms with Gasteiger partial charge in [-0.15, -0.1) is 0 Å². The molecule has 2 rings (SSSR count). The Morgan fingerprint density at radius 3 is 2.76 bits per heavy atom. The number of methoxy groups -OCH3 is 1. The lowest BCUT2D eigenvalue weighted by atomic mass is 10.1. The monoisotopic (exact) mass is 290 g/mol. The van der Waals surface area contributed by atoms with E-state index in [-0.39, 0.29) is 24.2 Å². The molecular weight excluding hydrogens is 264 g/mol. The Morgan fingerprint density at radius 1 is 1.38 bits per heavy atom. The molecule has 0 aliphatic carbocycles. The molecule has 0 aromatic heterocycles. The van der Waals surface area contributed by atoms with Gasteiger partial charge in [0.1, 0.15) is 11.9 Å². The molecule has 1 saturated heterocycles. The van der Waals surface area contributed by atoms with Crippen molar-refractivity contribution >= 4 is 5.91 Å². The van der Waals surface area contributed by atoms with Crippen molar-refractivity contribution in [1.29, 1.82) is 0 Å². The van der Waals surface area contributed by atoms with E-state index >= 15 is 0 Å². The Kier molecular flexibility index (Phi) is 5.23. The normalized spacial score (nSPS) is 23.4. The van der Waals surface area contributed by atoms with E-state index in [1.54, 1.807) is 7.11 Å². The van der Waals surface area contributed by atoms with Crippen LogP contribution in [0.3, 0.4) is 0 Å². The summed E-state index contributed by atoms with van der Waals surface area (Å²) in [4.78, 5) is 14.6. The van der Waals surface area contributed by atoms with Crippen molar-refractivity contribution in [2.45, 2.75) is 58.3 Å². The SMILES string of the molecule is CCCC(C)N1C(=O)C(CC)NC1c1cccc(OC)c1. The summed E-state index contributed by atoms with van der Waals surface area (Å²) >= 11 is 0. The Labute approximate surface area is 127 Å². The molecule has 1 aliphatic heterocycles. The van der Waals surface area contributed by atoms with Gasteiger partial charge in [-0.05, 0) is 37.5 Å². The zero-order valence-corrected chi connectivity index (χ0v) is 13.4. The van der Waals surface area contributed by atoms with Gasteiger partial charge in [0.05, 0.1) is 13.2 Å². The number of amides is 1. The van der Waals surface area contributed by atoms with Crippen LogP contribution in [0.1, 0.15) is 51.8 Å². The van der Waals surface area contributed by atoms with Crippen LogP contribution >= 0.6 is 0 Å². The first-order chi connectivity index (χ1) is 10.1. The second-order valence-electron chi connectivity index (χ2n) is 5.69. The van der Waals surface area contributed by atoms with Gasteiger partial charge in [-0.25, -0.2) is 0 Å². The number of hydrogen-bond donors (Lipinski definition) is 1. The molecule has 3 atom stereocenters. The van der Waals surface area contributed by atoms with Crippen molar-refractivity contribution in [2.75, 3.05) is 7.11 Å². The van der Waals surface area contributed by atoms with E-state index in [2.05, 4.69) is 25.2 Å². The van der Waals surface area contributed by atoms with Crippen molar-refractivity contribution < 1.29 is 9.53 Å². The van der Waals surface area contributed by atoms with E-state index < -0.39 is 0 Å². The summed E-state index contributed by atoms with van der Waals surface area (Å²) in [6, 6.07) is 8.12. The molecule has 4 heteroatoms. The second kappa shape index (κ2) is 6.94.